The number of pyridine rings is 1. The highest BCUT2D eigenvalue weighted by atomic mass is 16.5. The van der Waals surface area contributed by atoms with E-state index in [-0.39, 0.29) is 12.1 Å². The minimum atomic E-state index is -0.972. The number of ether oxygens (including phenoxy) is 1. The molecule has 3 atom stereocenters. The zero-order chi connectivity index (χ0) is 24.1. The van der Waals surface area contributed by atoms with Crippen LogP contribution in [0.15, 0.2) is 35.2 Å². The number of hydrogen-bond donors (Lipinski definition) is 2. The number of rotatable bonds is 7. The van der Waals surface area contributed by atoms with Gasteiger partial charge in [-0.1, -0.05) is 11.2 Å². The topological polar surface area (TPSA) is 155 Å². The molecule has 35 heavy (non-hydrogen) atoms. The monoisotopic (exact) mass is 475 g/mol. The van der Waals surface area contributed by atoms with Gasteiger partial charge in [-0.15, -0.1) is 0 Å². The van der Waals surface area contributed by atoms with Crippen molar-refractivity contribution in [2.75, 3.05) is 5.73 Å². The highest BCUT2D eigenvalue weighted by Crippen LogP contribution is 2.48. The fourth-order valence-corrected chi connectivity index (χ4v) is 4.87. The molecule has 11 nitrogen and oxygen atoms in total. The number of anilines is 1. The lowest BCUT2D eigenvalue weighted by Crippen LogP contribution is -2.25. The maximum atomic E-state index is 11.2. The molecule has 4 heterocycles. The Bertz CT molecular complexity index is 1400. The Kier molecular flexibility index (Phi) is 5.21. The Morgan fingerprint density at radius 2 is 2.06 bits per heavy atom. The van der Waals surface area contributed by atoms with E-state index in [0.29, 0.717) is 40.6 Å². The summed E-state index contributed by atoms with van der Waals surface area (Å²) in [6.07, 6.45) is 6.35. The summed E-state index contributed by atoms with van der Waals surface area (Å²) < 4.78 is 13.4. The molecule has 0 aromatic carbocycles. The molecular formula is C24H25N7O4. The molecule has 0 amide bonds. The molecule has 4 aromatic heterocycles. The number of nitrogens with zero attached hydrogens (tertiary/aromatic N) is 6. The molecule has 3 N–H and O–H groups in total. The maximum absolute atomic E-state index is 11.2. The first kappa shape index (κ1) is 21.7. The molecule has 0 spiro atoms. The first-order valence-electron chi connectivity index (χ1n) is 11.8. The standard InChI is InChI=1S/C24H25N7O4/c1-12(24(32)33)34-15-8-7-14(10-15)31-23-18(22(25)27-11-28-23)19(29-31)20-17(16-4-2-3-9-26-16)21(35-30-20)13-5-6-13/h2-4,9,11-15H,5-8,10H2,1H3,(H,32,33)(H2,25,27,28)/t12?,14-,15+/m0/s1. The molecule has 11 heteroatoms. The highest BCUT2D eigenvalue weighted by molar-refractivity contribution is 6.00. The molecule has 6 rings (SSSR count). The summed E-state index contributed by atoms with van der Waals surface area (Å²) >= 11 is 0. The van der Waals surface area contributed by atoms with E-state index in [4.69, 9.17) is 20.1 Å². The molecular weight excluding hydrogens is 450 g/mol. The number of aromatic nitrogens is 6. The lowest BCUT2D eigenvalue weighted by atomic mass is 10.0. The summed E-state index contributed by atoms with van der Waals surface area (Å²) in [5.41, 5.74) is 9.65. The number of carboxylic acid groups (broad SMARTS) is 1. The molecule has 1 unspecified atom stereocenters. The summed E-state index contributed by atoms with van der Waals surface area (Å²) in [5, 5.41) is 19.2. The van der Waals surface area contributed by atoms with Gasteiger partial charge in [0.15, 0.2) is 11.8 Å². The van der Waals surface area contributed by atoms with E-state index in [2.05, 4.69) is 20.1 Å². The van der Waals surface area contributed by atoms with Crippen LogP contribution in [-0.4, -0.2) is 53.2 Å². The van der Waals surface area contributed by atoms with Crippen LogP contribution in [0.1, 0.15) is 56.7 Å². The normalized spacial score (nSPS) is 20.9. The second kappa shape index (κ2) is 8.42. The molecule has 0 bridgehead atoms. The van der Waals surface area contributed by atoms with E-state index in [9.17, 15) is 9.90 Å². The van der Waals surface area contributed by atoms with Crippen LogP contribution in [0.4, 0.5) is 5.82 Å². The van der Waals surface area contributed by atoms with E-state index in [1.165, 1.54) is 6.33 Å². The van der Waals surface area contributed by atoms with Crippen molar-refractivity contribution in [3.63, 3.8) is 0 Å². The summed E-state index contributed by atoms with van der Waals surface area (Å²) in [5.74, 6) is 0.470. The number of carbonyl (C=O) groups is 1. The number of aliphatic carboxylic acids is 1. The second-order valence-electron chi connectivity index (χ2n) is 9.22. The van der Waals surface area contributed by atoms with Gasteiger partial charge in [-0.2, -0.15) is 5.10 Å². The van der Waals surface area contributed by atoms with E-state index < -0.39 is 12.1 Å². The van der Waals surface area contributed by atoms with Crippen molar-refractivity contribution in [2.45, 2.75) is 63.2 Å². The molecule has 2 saturated carbocycles. The first-order chi connectivity index (χ1) is 17.0. The summed E-state index contributed by atoms with van der Waals surface area (Å²) in [7, 11) is 0. The van der Waals surface area contributed by atoms with Gasteiger partial charge in [0.2, 0.25) is 0 Å². The molecule has 0 radical (unpaired) electrons. The van der Waals surface area contributed by atoms with Gasteiger partial charge < -0.3 is 20.1 Å². The zero-order valence-corrected chi connectivity index (χ0v) is 19.2. The number of carboxylic acids is 1. The van der Waals surface area contributed by atoms with E-state index in [0.717, 1.165) is 42.7 Å². The van der Waals surface area contributed by atoms with Crippen molar-refractivity contribution in [3.05, 3.63) is 36.5 Å². The van der Waals surface area contributed by atoms with Gasteiger partial charge in [0.05, 0.1) is 28.8 Å². The lowest BCUT2D eigenvalue weighted by molar-refractivity contribution is -0.152. The van der Waals surface area contributed by atoms with Gasteiger partial charge in [-0.25, -0.2) is 19.4 Å². The van der Waals surface area contributed by atoms with Gasteiger partial charge in [-0.3, -0.25) is 4.98 Å². The van der Waals surface area contributed by atoms with Gasteiger partial charge in [-0.05, 0) is 51.2 Å². The third-order valence-corrected chi connectivity index (χ3v) is 6.78. The smallest absolute Gasteiger partial charge is 0.332 e. The number of hydrogen-bond acceptors (Lipinski definition) is 9. The predicted molar refractivity (Wildman–Crippen MR) is 125 cm³/mol. The summed E-state index contributed by atoms with van der Waals surface area (Å²) in [4.78, 5) is 24.5. The van der Waals surface area contributed by atoms with Crippen LogP contribution in [0.5, 0.6) is 0 Å². The first-order valence-corrected chi connectivity index (χ1v) is 11.8. The van der Waals surface area contributed by atoms with Crippen LogP contribution >= 0.6 is 0 Å². The Labute approximate surface area is 200 Å². The Hall–Kier alpha value is -3.86. The molecule has 2 aliphatic rings. The van der Waals surface area contributed by atoms with Gasteiger partial charge in [0, 0.05) is 12.1 Å². The van der Waals surface area contributed by atoms with Crippen LogP contribution in [-0.2, 0) is 9.53 Å². The van der Waals surface area contributed by atoms with E-state index in [1.54, 1.807) is 13.1 Å². The number of nitrogens with two attached hydrogens (primary N) is 1. The summed E-state index contributed by atoms with van der Waals surface area (Å²) in [6.45, 7) is 1.55. The van der Waals surface area contributed by atoms with Crippen molar-refractivity contribution in [3.8, 4) is 22.6 Å². The van der Waals surface area contributed by atoms with Crippen molar-refractivity contribution in [2.24, 2.45) is 0 Å². The fraction of sp³-hybridized carbons (Fsp3) is 0.417. The highest BCUT2D eigenvalue weighted by Gasteiger charge is 2.37. The number of fused-ring (bicyclic) bond motifs is 1. The predicted octanol–water partition coefficient (Wildman–Crippen LogP) is 3.59. The third kappa shape index (κ3) is 3.81. The molecule has 4 aromatic rings. The minimum Gasteiger partial charge on any atom is -0.479 e. The largest absolute Gasteiger partial charge is 0.479 e. The average Bonchev–Trinajstić information content (AvgIpc) is 3.26. The van der Waals surface area contributed by atoms with Crippen molar-refractivity contribution in [1.29, 1.82) is 0 Å². The van der Waals surface area contributed by atoms with Crippen LogP contribution < -0.4 is 5.73 Å². The summed E-state index contributed by atoms with van der Waals surface area (Å²) in [6, 6.07) is 5.71. The maximum Gasteiger partial charge on any atom is 0.332 e. The van der Waals surface area contributed by atoms with Gasteiger partial charge >= 0.3 is 5.97 Å². The second-order valence-corrected chi connectivity index (χ2v) is 9.22. The van der Waals surface area contributed by atoms with Crippen molar-refractivity contribution in [1.82, 2.24) is 29.9 Å². The fourth-order valence-electron chi connectivity index (χ4n) is 4.87. The lowest BCUT2D eigenvalue weighted by Gasteiger charge is -2.16. The van der Waals surface area contributed by atoms with Gasteiger partial charge in [0.25, 0.3) is 0 Å². The molecule has 2 aliphatic carbocycles. The van der Waals surface area contributed by atoms with Crippen LogP contribution in [0.3, 0.4) is 0 Å². The third-order valence-electron chi connectivity index (χ3n) is 6.78. The van der Waals surface area contributed by atoms with Crippen LogP contribution in [0.25, 0.3) is 33.7 Å². The van der Waals surface area contributed by atoms with E-state index in [1.807, 2.05) is 22.9 Å². The Morgan fingerprint density at radius 3 is 2.80 bits per heavy atom. The average molecular weight is 476 g/mol. The quantitative estimate of drug-likeness (QED) is 0.405. The SMILES string of the molecule is CC(O[C@@H]1CC[C@H](n2nc(-c3noc(C4CC4)c3-c3ccccn3)c3c(N)ncnc32)C1)C(=O)O. The van der Waals surface area contributed by atoms with Crippen LogP contribution in [0, 0.1) is 0 Å². The Morgan fingerprint density at radius 1 is 1.20 bits per heavy atom. The molecule has 0 aliphatic heterocycles. The molecule has 180 valence electrons. The van der Waals surface area contributed by atoms with Gasteiger partial charge in [0.1, 0.15) is 29.3 Å². The van der Waals surface area contributed by atoms with Crippen molar-refractivity contribution >= 4 is 22.8 Å². The Balaban J connectivity index is 1.44. The van der Waals surface area contributed by atoms with Crippen molar-refractivity contribution < 1.29 is 19.2 Å². The number of nitrogen functional groups attached to an aromatic ring is 1. The molecule has 0 saturated heterocycles. The molecule has 2 fully saturated rings. The van der Waals surface area contributed by atoms with Crippen LogP contribution in [0.2, 0.25) is 0 Å². The van der Waals surface area contributed by atoms with E-state index >= 15 is 0 Å². The zero-order valence-electron chi connectivity index (χ0n) is 19.2. The minimum absolute atomic E-state index is 0.0281.